The van der Waals surface area contributed by atoms with E-state index in [0.717, 1.165) is 0 Å². The van der Waals surface area contributed by atoms with Crippen LogP contribution in [0.4, 0.5) is 5.69 Å². The third kappa shape index (κ3) is 4.64. The highest BCUT2D eigenvalue weighted by Gasteiger charge is 2.25. The normalized spacial score (nSPS) is 14.3. The van der Waals surface area contributed by atoms with E-state index in [1.165, 1.54) is 25.3 Å². The molecule has 1 aliphatic heterocycles. The molecule has 0 fully saturated rings. The molecular formula is C20H16N2O7. The Hall–Kier alpha value is -4.01. The number of benzene rings is 2. The van der Waals surface area contributed by atoms with Gasteiger partial charge in [-0.1, -0.05) is 12.1 Å². The highest BCUT2D eigenvalue weighted by atomic mass is 16.6. The number of methoxy groups -OCH3 is 1. The Morgan fingerprint density at radius 3 is 2.59 bits per heavy atom. The molecule has 0 spiro atoms. The molecule has 0 amide bonds. The first-order chi connectivity index (χ1) is 13.9. The van der Waals surface area contributed by atoms with Crippen molar-refractivity contribution in [1.82, 2.24) is 0 Å². The van der Waals surface area contributed by atoms with Crippen molar-refractivity contribution in [3.8, 4) is 5.75 Å². The summed E-state index contributed by atoms with van der Waals surface area (Å²) in [6.07, 6.45) is 1.54. The molecule has 9 nitrogen and oxygen atoms in total. The van der Waals surface area contributed by atoms with Crippen LogP contribution >= 0.6 is 0 Å². The summed E-state index contributed by atoms with van der Waals surface area (Å²) in [6, 6.07) is 11.0. The van der Waals surface area contributed by atoms with Gasteiger partial charge in [0.1, 0.15) is 5.75 Å². The first-order valence-electron chi connectivity index (χ1n) is 8.45. The Morgan fingerprint density at radius 2 is 1.97 bits per heavy atom. The molecule has 29 heavy (non-hydrogen) atoms. The number of nitrogens with zero attached hydrogens (tertiary/aromatic N) is 2. The van der Waals surface area contributed by atoms with Crippen LogP contribution in [0.3, 0.4) is 0 Å². The quantitative estimate of drug-likeness (QED) is 0.319. The lowest BCUT2D eigenvalue weighted by Gasteiger charge is -2.04. The Labute approximate surface area is 165 Å². The Bertz CT molecular complexity index is 1040. The van der Waals surface area contributed by atoms with Gasteiger partial charge in [0.25, 0.3) is 5.69 Å². The van der Waals surface area contributed by atoms with Crippen LogP contribution in [-0.2, 0) is 19.1 Å². The summed E-state index contributed by atoms with van der Waals surface area (Å²) in [4.78, 5) is 37.8. The Kier molecular flexibility index (Phi) is 5.68. The summed E-state index contributed by atoms with van der Waals surface area (Å²) in [6.45, 7) is 1.39. The molecule has 0 aliphatic carbocycles. The fourth-order valence-electron chi connectivity index (χ4n) is 2.55. The number of cyclic esters (lactones) is 1. The zero-order valence-corrected chi connectivity index (χ0v) is 15.6. The molecule has 0 saturated heterocycles. The first kappa shape index (κ1) is 19.7. The maximum absolute atomic E-state index is 12.1. The SMILES string of the molecule is COC(=O)COc1ccc(/C=C2\N=C(c3ccc([N+](=O)[O-])c(C)c3)OC2=O)cc1. The van der Waals surface area contributed by atoms with Crippen molar-refractivity contribution in [2.75, 3.05) is 13.7 Å². The average molecular weight is 396 g/mol. The van der Waals surface area contributed by atoms with E-state index in [4.69, 9.17) is 9.47 Å². The van der Waals surface area contributed by atoms with Crippen molar-refractivity contribution in [2.45, 2.75) is 6.92 Å². The van der Waals surface area contributed by atoms with Crippen molar-refractivity contribution in [2.24, 2.45) is 4.99 Å². The van der Waals surface area contributed by atoms with Crippen molar-refractivity contribution >= 4 is 29.6 Å². The van der Waals surface area contributed by atoms with Gasteiger partial charge in [-0.3, -0.25) is 10.1 Å². The molecule has 0 bridgehead atoms. The standard InChI is InChI=1S/C20H16N2O7/c1-12-9-14(5-8-17(12)22(25)26)19-21-16(20(24)29-19)10-13-3-6-15(7-4-13)28-11-18(23)27-2/h3-10H,11H2,1-2H3/b16-10-. The number of nitro groups is 1. The number of esters is 2. The molecule has 0 saturated carbocycles. The molecule has 1 aliphatic rings. The third-order valence-electron chi connectivity index (χ3n) is 4.03. The lowest BCUT2D eigenvalue weighted by molar-refractivity contribution is -0.385. The minimum absolute atomic E-state index is 0.0241. The lowest BCUT2D eigenvalue weighted by atomic mass is 10.1. The number of carbonyl (C=O) groups excluding carboxylic acids is 2. The largest absolute Gasteiger partial charge is 0.482 e. The minimum atomic E-state index is -0.623. The van der Waals surface area contributed by atoms with E-state index in [-0.39, 0.29) is 23.9 Å². The van der Waals surface area contributed by atoms with Crippen LogP contribution in [0.2, 0.25) is 0 Å². The van der Waals surface area contributed by atoms with Crippen LogP contribution in [-0.4, -0.2) is 36.5 Å². The third-order valence-corrected chi connectivity index (χ3v) is 4.03. The highest BCUT2D eigenvalue weighted by molar-refractivity contribution is 6.13. The van der Waals surface area contributed by atoms with E-state index in [9.17, 15) is 19.7 Å². The van der Waals surface area contributed by atoms with Gasteiger partial charge in [0.15, 0.2) is 12.3 Å². The molecule has 1 heterocycles. The maximum atomic E-state index is 12.1. The van der Waals surface area contributed by atoms with E-state index >= 15 is 0 Å². The van der Waals surface area contributed by atoms with Crippen molar-refractivity contribution in [3.63, 3.8) is 0 Å². The van der Waals surface area contributed by atoms with Crippen molar-refractivity contribution in [1.29, 1.82) is 0 Å². The van der Waals surface area contributed by atoms with Gasteiger partial charge in [-0.2, -0.15) is 0 Å². The van der Waals surface area contributed by atoms with Gasteiger partial charge in [-0.25, -0.2) is 14.6 Å². The summed E-state index contributed by atoms with van der Waals surface area (Å²) in [5.74, 6) is -0.565. The molecule has 3 rings (SSSR count). The average Bonchev–Trinajstić information content (AvgIpc) is 3.07. The highest BCUT2D eigenvalue weighted by Crippen LogP contribution is 2.24. The maximum Gasteiger partial charge on any atom is 0.363 e. The number of ether oxygens (including phenoxy) is 3. The van der Waals surface area contributed by atoms with Gasteiger partial charge in [0.2, 0.25) is 5.90 Å². The topological polar surface area (TPSA) is 117 Å². The molecule has 0 aromatic heterocycles. The lowest BCUT2D eigenvalue weighted by Crippen LogP contribution is -2.12. The number of hydrogen-bond donors (Lipinski definition) is 0. The molecule has 0 atom stereocenters. The van der Waals surface area contributed by atoms with Gasteiger partial charge < -0.3 is 14.2 Å². The number of nitro benzene ring substituents is 1. The van der Waals surface area contributed by atoms with Crippen LogP contribution in [0.5, 0.6) is 5.75 Å². The van der Waals surface area contributed by atoms with Crippen LogP contribution in [0.1, 0.15) is 16.7 Å². The molecule has 148 valence electrons. The second-order valence-electron chi connectivity index (χ2n) is 6.03. The fraction of sp³-hybridized carbons (Fsp3) is 0.150. The summed E-state index contributed by atoms with van der Waals surface area (Å²) < 4.78 is 14.9. The van der Waals surface area contributed by atoms with Gasteiger partial charge in [0.05, 0.1) is 12.0 Å². The van der Waals surface area contributed by atoms with Crippen LogP contribution < -0.4 is 4.74 Å². The second-order valence-corrected chi connectivity index (χ2v) is 6.03. The Morgan fingerprint density at radius 1 is 1.24 bits per heavy atom. The predicted molar refractivity (Wildman–Crippen MR) is 102 cm³/mol. The van der Waals surface area contributed by atoms with Crippen LogP contribution in [0.25, 0.3) is 6.08 Å². The molecule has 0 N–H and O–H groups in total. The van der Waals surface area contributed by atoms with Crippen molar-refractivity contribution < 1.29 is 28.7 Å². The predicted octanol–water partition coefficient (Wildman–Crippen LogP) is 2.80. The second kappa shape index (κ2) is 8.34. The van der Waals surface area contributed by atoms with E-state index in [1.54, 1.807) is 37.3 Å². The Balaban J connectivity index is 1.77. The number of aryl methyl sites for hydroxylation is 1. The molecule has 2 aromatic carbocycles. The number of hydrogen-bond acceptors (Lipinski definition) is 8. The molecule has 0 unspecified atom stereocenters. The number of rotatable bonds is 6. The summed E-state index contributed by atoms with van der Waals surface area (Å²) >= 11 is 0. The minimum Gasteiger partial charge on any atom is -0.482 e. The molecular weight excluding hydrogens is 380 g/mol. The monoisotopic (exact) mass is 396 g/mol. The summed E-state index contributed by atoms with van der Waals surface area (Å²) in [5, 5.41) is 10.9. The van der Waals surface area contributed by atoms with Gasteiger partial charge >= 0.3 is 11.9 Å². The zero-order chi connectivity index (χ0) is 21.0. The number of aliphatic imine (C=N–C) groups is 1. The van der Waals surface area contributed by atoms with Gasteiger partial charge in [-0.15, -0.1) is 0 Å². The van der Waals surface area contributed by atoms with Gasteiger partial charge in [-0.05, 0) is 42.8 Å². The molecule has 9 heteroatoms. The summed E-state index contributed by atoms with van der Waals surface area (Å²) in [7, 11) is 1.27. The van der Waals surface area contributed by atoms with E-state index in [1.807, 2.05) is 0 Å². The first-order valence-corrected chi connectivity index (χ1v) is 8.45. The van der Waals surface area contributed by atoms with E-state index in [0.29, 0.717) is 22.4 Å². The zero-order valence-electron chi connectivity index (χ0n) is 15.6. The van der Waals surface area contributed by atoms with Crippen molar-refractivity contribution in [3.05, 3.63) is 75.0 Å². The smallest absolute Gasteiger partial charge is 0.363 e. The molecule has 2 aromatic rings. The van der Waals surface area contributed by atoms with E-state index in [2.05, 4.69) is 9.73 Å². The number of carbonyl (C=O) groups is 2. The fourth-order valence-corrected chi connectivity index (χ4v) is 2.55. The van der Waals surface area contributed by atoms with Crippen LogP contribution in [0.15, 0.2) is 53.2 Å². The summed E-state index contributed by atoms with van der Waals surface area (Å²) in [5.41, 5.74) is 1.65. The van der Waals surface area contributed by atoms with E-state index < -0.39 is 16.9 Å². The van der Waals surface area contributed by atoms with Gasteiger partial charge in [0, 0.05) is 17.2 Å². The van der Waals surface area contributed by atoms with Crippen LogP contribution in [0, 0.1) is 17.0 Å². The molecule has 0 radical (unpaired) electrons.